The van der Waals surface area contributed by atoms with E-state index in [1.165, 1.54) is 0 Å². The number of halogens is 4. The van der Waals surface area contributed by atoms with Crippen molar-refractivity contribution in [1.82, 2.24) is 0 Å². The summed E-state index contributed by atoms with van der Waals surface area (Å²) in [4.78, 5) is 0. The SMILES string of the molecule is OCc1cc(F)c(Cl)c(F)c1Br. The van der Waals surface area contributed by atoms with Gasteiger partial charge in [-0.1, -0.05) is 11.6 Å². The Morgan fingerprint density at radius 1 is 1.50 bits per heavy atom. The molecule has 0 fully saturated rings. The number of hydrogen-bond acceptors (Lipinski definition) is 1. The van der Waals surface area contributed by atoms with E-state index in [1.807, 2.05) is 0 Å². The van der Waals surface area contributed by atoms with E-state index >= 15 is 0 Å². The first-order valence-electron chi connectivity index (χ1n) is 3.00. The summed E-state index contributed by atoms with van der Waals surface area (Å²) >= 11 is 8.09. The van der Waals surface area contributed by atoms with Crippen molar-refractivity contribution in [2.24, 2.45) is 0 Å². The standard InChI is InChI=1S/C7H4BrClF2O/c8-5-3(2-12)1-4(10)6(9)7(5)11/h1,12H,2H2. The van der Waals surface area contributed by atoms with Crippen molar-refractivity contribution in [3.8, 4) is 0 Å². The molecule has 1 aromatic carbocycles. The smallest absolute Gasteiger partial charge is 0.159 e. The van der Waals surface area contributed by atoms with E-state index in [0.29, 0.717) is 0 Å². The number of benzene rings is 1. The highest BCUT2D eigenvalue weighted by molar-refractivity contribution is 9.10. The summed E-state index contributed by atoms with van der Waals surface area (Å²) in [6.45, 7) is -0.439. The first-order chi connectivity index (χ1) is 5.57. The fraction of sp³-hybridized carbons (Fsp3) is 0.143. The Morgan fingerprint density at radius 2 is 2.08 bits per heavy atom. The predicted octanol–water partition coefficient (Wildman–Crippen LogP) is 2.87. The zero-order chi connectivity index (χ0) is 9.30. The molecular formula is C7H4BrClF2O. The third-order valence-corrected chi connectivity index (χ3v) is 2.55. The Balaban J connectivity index is 3.39. The van der Waals surface area contributed by atoms with Crippen molar-refractivity contribution in [3.63, 3.8) is 0 Å². The molecule has 0 aromatic heterocycles. The molecule has 0 aliphatic heterocycles. The van der Waals surface area contributed by atoms with Crippen LogP contribution >= 0.6 is 27.5 Å². The summed E-state index contributed by atoms with van der Waals surface area (Å²) in [7, 11) is 0. The number of hydrogen-bond donors (Lipinski definition) is 1. The van der Waals surface area contributed by atoms with Gasteiger partial charge in [-0.05, 0) is 27.6 Å². The van der Waals surface area contributed by atoms with Crippen LogP contribution in [0.1, 0.15) is 5.56 Å². The van der Waals surface area contributed by atoms with Gasteiger partial charge in [-0.2, -0.15) is 0 Å². The Bertz CT molecular complexity index is 317. The van der Waals surface area contributed by atoms with Gasteiger partial charge in [0.05, 0.1) is 11.1 Å². The Kier molecular flexibility index (Phi) is 3.04. The first-order valence-corrected chi connectivity index (χ1v) is 4.17. The van der Waals surface area contributed by atoms with Crippen LogP contribution in [0.4, 0.5) is 8.78 Å². The average Bonchev–Trinajstić information content (AvgIpc) is 2.08. The molecule has 0 aliphatic rings. The number of rotatable bonds is 1. The average molecular weight is 257 g/mol. The summed E-state index contributed by atoms with van der Waals surface area (Å²) in [6, 6.07) is 0.982. The largest absolute Gasteiger partial charge is 0.392 e. The van der Waals surface area contributed by atoms with Crippen molar-refractivity contribution in [3.05, 3.63) is 32.8 Å². The minimum Gasteiger partial charge on any atom is -0.392 e. The quantitative estimate of drug-likeness (QED) is 0.606. The summed E-state index contributed by atoms with van der Waals surface area (Å²) in [5.41, 5.74) is 0.134. The Hall–Kier alpha value is -0.190. The summed E-state index contributed by atoms with van der Waals surface area (Å²) < 4.78 is 25.6. The molecule has 0 heterocycles. The van der Waals surface area contributed by atoms with Crippen LogP contribution in [-0.2, 0) is 6.61 Å². The van der Waals surface area contributed by atoms with E-state index in [2.05, 4.69) is 15.9 Å². The second-order valence-electron chi connectivity index (χ2n) is 2.12. The van der Waals surface area contributed by atoms with Crippen molar-refractivity contribution >= 4 is 27.5 Å². The van der Waals surface area contributed by atoms with Gasteiger partial charge < -0.3 is 5.11 Å². The zero-order valence-corrected chi connectivity index (χ0v) is 8.09. The molecule has 0 atom stereocenters. The molecule has 0 aliphatic carbocycles. The van der Waals surface area contributed by atoms with Crippen LogP contribution in [0.15, 0.2) is 10.5 Å². The first kappa shape index (κ1) is 9.89. The third-order valence-electron chi connectivity index (χ3n) is 1.35. The van der Waals surface area contributed by atoms with Crippen molar-refractivity contribution in [2.45, 2.75) is 6.61 Å². The van der Waals surface area contributed by atoms with Crippen LogP contribution in [-0.4, -0.2) is 5.11 Å². The normalized spacial score (nSPS) is 10.4. The lowest BCUT2D eigenvalue weighted by atomic mass is 10.2. The molecule has 0 radical (unpaired) electrons. The minimum absolute atomic E-state index is 0.00333. The van der Waals surface area contributed by atoms with Crippen LogP contribution in [0.25, 0.3) is 0 Å². The molecule has 0 bridgehead atoms. The zero-order valence-electron chi connectivity index (χ0n) is 5.74. The van der Waals surface area contributed by atoms with Gasteiger partial charge in [0, 0.05) is 0 Å². The molecule has 1 rings (SSSR count). The van der Waals surface area contributed by atoms with Crippen molar-refractivity contribution in [2.75, 3.05) is 0 Å². The van der Waals surface area contributed by atoms with E-state index < -0.39 is 23.3 Å². The highest BCUT2D eigenvalue weighted by atomic mass is 79.9. The maximum absolute atomic E-state index is 12.9. The van der Waals surface area contributed by atoms with Crippen LogP contribution in [0.3, 0.4) is 0 Å². The van der Waals surface area contributed by atoms with Gasteiger partial charge in [-0.25, -0.2) is 8.78 Å². The van der Waals surface area contributed by atoms with Crippen LogP contribution in [0, 0.1) is 11.6 Å². The second-order valence-corrected chi connectivity index (χ2v) is 3.29. The lowest BCUT2D eigenvalue weighted by Gasteiger charge is -2.04. The highest BCUT2D eigenvalue weighted by Crippen LogP contribution is 2.29. The molecule has 1 aromatic rings. The topological polar surface area (TPSA) is 20.2 Å². The van der Waals surface area contributed by atoms with Gasteiger partial charge >= 0.3 is 0 Å². The molecule has 0 saturated carbocycles. The van der Waals surface area contributed by atoms with E-state index in [1.54, 1.807) is 0 Å². The van der Waals surface area contributed by atoms with Crippen molar-refractivity contribution < 1.29 is 13.9 Å². The van der Waals surface area contributed by atoms with Gasteiger partial charge in [0.15, 0.2) is 5.82 Å². The lowest BCUT2D eigenvalue weighted by molar-refractivity contribution is 0.279. The second kappa shape index (κ2) is 3.68. The fourth-order valence-corrected chi connectivity index (χ4v) is 1.44. The number of aliphatic hydroxyl groups is 1. The van der Waals surface area contributed by atoms with E-state index in [9.17, 15) is 8.78 Å². The molecule has 0 amide bonds. The summed E-state index contributed by atoms with van der Waals surface area (Å²) in [6.07, 6.45) is 0. The highest BCUT2D eigenvalue weighted by Gasteiger charge is 2.14. The summed E-state index contributed by atoms with van der Waals surface area (Å²) in [5, 5.41) is 8.08. The maximum atomic E-state index is 12.9. The van der Waals surface area contributed by atoms with Gasteiger partial charge in [-0.15, -0.1) is 0 Å². The molecule has 66 valence electrons. The molecule has 5 heteroatoms. The van der Waals surface area contributed by atoms with Crippen LogP contribution in [0.5, 0.6) is 0 Å². The molecule has 1 nitrogen and oxygen atoms in total. The molecule has 0 spiro atoms. The molecule has 0 saturated heterocycles. The minimum atomic E-state index is -0.888. The van der Waals surface area contributed by atoms with Crippen LogP contribution < -0.4 is 0 Å². The lowest BCUT2D eigenvalue weighted by Crippen LogP contribution is -1.93. The van der Waals surface area contributed by atoms with Gasteiger partial charge in [0.25, 0.3) is 0 Å². The molecular weight excluding hydrogens is 253 g/mol. The van der Waals surface area contributed by atoms with Gasteiger partial charge in [-0.3, -0.25) is 0 Å². The number of aliphatic hydroxyl groups excluding tert-OH is 1. The Morgan fingerprint density at radius 3 is 2.58 bits per heavy atom. The molecule has 12 heavy (non-hydrogen) atoms. The summed E-state index contributed by atoms with van der Waals surface area (Å²) in [5.74, 6) is -1.76. The van der Waals surface area contributed by atoms with Gasteiger partial charge in [0.1, 0.15) is 10.8 Å². The van der Waals surface area contributed by atoms with Gasteiger partial charge in [0.2, 0.25) is 0 Å². The van der Waals surface area contributed by atoms with E-state index in [-0.39, 0.29) is 10.0 Å². The van der Waals surface area contributed by atoms with E-state index in [4.69, 9.17) is 16.7 Å². The maximum Gasteiger partial charge on any atom is 0.159 e. The predicted molar refractivity (Wildman–Crippen MR) is 45.0 cm³/mol. The van der Waals surface area contributed by atoms with Crippen LogP contribution in [0.2, 0.25) is 5.02 Å². The van der Waals surface area contributed by atoms with Crippen molar-refractivity contribution in [1.29, 1.82) is 0 Å². The third kappa shape index (κ3) is 1.60. The Labute approximate surface area is 81.1 Å². The fourth-order valence-electron chi connectivity index (χ4n) is 0.737. The molecule has 1 N–H and O–H groups in total. The van der Waals surface area contributed by atoms with E-state index in [0.717, 1.165) is 6.07 Å². The molecule has 0 unspecified atom stereocenters. The monoisotopic (exact) mass is 256 g/mol.